The van der Waals surface area contributed by atoms with Gasteiger partial charge in [0.1, 0.15) is 6.10 Å². The Bertz CT molecular complexity index is 604. The van der Waals surface area contributed by atoms with Gasteiger partial charge in [0.15, 0.2) is 11.6 Å². The fraction of sp³-hybridized carbons (Fsp3) is 0.600. The molecule has 0 bridgehead atoms. The van der Waals surface area contributed by atoms with Crippen LogP contribution in [0, 0.1) is 17.3 Å². The van der Waals surface area contributed by atoms with Crippen molar-refractivity contribution >= 4 is 11.6 Å². The van der Waals surface area contributed by atoms with E-state index in [2.05, 4.69) is 19.9 Å². The van der Waals surface area contributed by atoms with E-state index in [1.54, 1.807) is 19.1 Å². The largest absolute Gasteiger partial charge is 0.381 e. The lowest BCUT2D eigenvalue weighted by atomic mass is 9.99. The first-order valence-corrected chi connectivity index (χ1v) is 8.42. The molecule has 0 aromatic carbocycles. The Balaban J connectivity index is 2.30. The number of fused-ring (bicyclic) bond motifs is 1. The molecule has 3 atom stereocenters. The SMILES string of the molecule is CC1=CC(=O)C(O)C(C)=CCC(=O)C(C)=CC2C(CC1)C2(C)C. The summed E-state index contributed by atoms with van der Waals surface area (Å²) in [5.74, 6) is 0.760. The zero-order valence-electron chi connectivity index (χ0n) is 14.8. The van der Waals surface area contributed by atoms with Gasteiger partial charge in [-0.2, -0.15) is 0 Å². The second kappa shape index (κ2) is 6.56. The van der Waals surface area contributed by atoms with E-state index >= 15 is 0 Å². The standard InChI is InChI=1S/C20H28O3/c1-12-6-8-15-16(20(15,4)5)11-14(3)17(21)9-7-13(2)19(23)18(22)10-12/h7,10-11,15-16,19,23H,6,8-9H2,1-5H3. The molecule has 3 heteroatoms. The lowest BCUT2D eigenvalue weighted by Gasteiger charge is -2.10. The monoisotopic (exact) mass is 316 g/mol. The van der Waals surface area contributed by atoms with Crippen LogP contribution in [0.5, 0.6) is 0 Å². The summed E-state index contributed by atoms with van der Waals surface area (Å²) < 4.78 is 0. The lowest BCUT2D eigenvalue weighted by molar-refractivity contribution is -0.120. The molecule has 0 saturated heterocycles. The van der Waals surface area contributed by atoms with Crippen molar-refractivity contribution in [3.63, 3.8) is 0 Å². The Morgan fingerprint density at radius 3 is 2.48 bits per heavy atom. The zero-order valence-corrected chi connectivity index (χ0v) is 14.8. The number of carbonyl (C=O) groups excluding carboxylic acids is 2. The molecular weight excluding hydrogens is 288 g/mol. The van der Waals surface area contributed by atoms with Crippen molar-refractivity contribution in [2.24, 2.45) is 17.3 Å². The molecular formula is C20H28O3. The third-order valence-electron chi connectivity index (χ3n) is 5.56. The highest BCUT2D eigenvalue weighted by molar-refractivity contribution is 5.97. The third-order valence-corrected chi connectivity index (χ3v) is 5.56. The van der Waals surface area contributed by atoms with Gasteiger partial charge in [0, 0.05) is 6.42 Å². The van der Waals surface area contributed by atoms with Crippen molar-refractivity contribution in [3.05, 3.63) is 34.9 Å². The van der Waals surface area contributed by atoms with E-state index in [9.17, 15) is 14.7 Å². The van der Waals surface area contributed by atoms with Gasteiger partial charge in [0.2, 0.25) is 0 Å². The zero-order chi connectivity index (χ0) is 17.4. The first-order chi connectivity index (χ1) is 10.6. The molecule has 1 N–H and O–H groups in total. The molecule has 0 aliphatic heterocycles. The maximum atomic E-state index is 12.3. The van der Waals surface area contributed by atoms with Crippen LogP contribution in [0.15, 0.2) is 34.9 Å². The smallest absolute Gasteiger partial charge is 0.188 e. The molecule has 0 spiro atoms. The number of hydrogen-bond acceptors (Lipinski definition) is 3. The normalized spacial score (nSPS) is 32.3. The fourth-order valence-corrected chi connectivity index (χ4v) is 3.56. The predicted molar refractivity (Wildman–Crippen MR) is 91.9 cm³/mol. The highest BCUT2D eigenvalue weighted by Crippen LogP contribution is 2.61. The van der Waals surface area contributed by atoms with Gasteiger partial charge in [-0.05, 0) is 68.1 Å². The Morgan fingerprint density at radius 2 is 1.83 bits per heavy atom. The summed E-state index contributed by atoms with van der Waals surface area (Å²) in [5.41, 5.74) is 2.57. The van der Waals surface area contributed by atoms with Crippen molar-refractivity contribution in [2.45, 2.75) is 60.0 Å². The Morgan fingerprint density at radius 1 is 1.17 bits per heavy atom. The molecule has 2 rings (SSSR count). The van der Waals surface area contributed by atoms with Crippen LogP contribution in [0.4, 0.5) is 0 Å². The minimum Gasteiger partial charge on any atom is -0.381 e. The maximum Gasteiger partial charge on any atom is 0.188 e. The van der Waals surface area contributed by atoms with E-state index in [4.69, 9.17) is 0 Å². The van der Waals surface area contributed by atoms with Crippen LogP contribution < -0.4 is 0 Å². The van der Waals surface area contributed by atoms with Crippen molar-refractivity contribution in [1.82, 2.24) is 0 Å². The topological polar surface area (TPSA) is 54.4 Å². The Hall–Kier alpha value is -1.48. The molecule has 0 amide bonds. The van der Waals surface area contributed by atoms with E-state index in [0.717, 1.165) is 24.0 Å². The third kappa shape index (κ3) is 3.89. The number of rotatable bonds is 0. The molecule has 23 heavy (non-hydrogen) atoms. The first-order valence-electron chi connectivity index (χ1n) is 8.42. The summed E-state index contributed by atoms with van der Waals surface area (Å²) in [6.45, 7) is 10.0. The van der Waals surface area contributed by atoms with E-state index in [1.807, 2.05) is 13.8 Å². The van der Waals surface area contributed by atoms with Crippen molar-refractivity contribution in [1.29, 1.82) is 0 Å². The average Bonchev–Trinajstić information content (AvgIpc) is 3.00. The van der Waals surface area contributed by atoms with Crippen LogP contribution in [0.25, 0.3) is 0 Å². The summed E-state index contributed by atoms with van der Waals surface area (Å²) in [6.07, 6.45) is 6.31. The number of hydrogen-bond donors (Lipinski definition) is 1. The van der Waals surface area contributed by atoms with Crippen LogP contribution in [0.2, 0.25) is 0 Å². The van der Waals surface area contributed by atoms with Gasteiger partial charge < -0.3 is 5.11 Å². The molecule has 0 radical (unpaired) electrons. The van der Waals surface area contributed by atoms with Crippen LogP contribution in [-0.2, 0) is 9.59 Å². The second-order valence-electron chi connectivity index (χ2n) is 7.71. The minimum atomic E-state index is -1.14. The van der Waals surface area contributed by atoms with Crippen LogP contribution in [0.1, 0.15) is 53.9 Å². The van der Waals surface area contributed by atoms with Gasteiger partial charge in [-0.15, -0.1) is 0 Å². The Kier molecular flexibility index (Phi) is 5.10. The quantitative estimate of drug-likeness (QED) is 0.692. The summed E-state index contributed by atoms with van der Waals surface area (Å²) in [7, 11) is 0. The summed E-state index contributed by atoms with van der Waals surface area (Å²) in [4.78, 5) is 24.4. The predicted octanol–water partition coefficient (Wildman–Crippen LogP) is 3.78. The van der Waals surface area contributed by atoms with Crippen LogP contribution in [0.3, 0.4) is 0 Å². The minimum absolute atomic E-state index is 0.0641. The number of aliphatic hydroxyl groups excluding tert-OH is 1. The molecule has 2 aliphatic carbocycles. The van der Waals surface area contributed by atoms with Crippen LogP contribution >= 0.6 is 0 Å². The summed E-state index contributed by atoms with van der Waals surface area (Å²) >= 11 is 0. The number of carbonyl (C=O) groups is 2. The molecule has 1 saturated carbocycles. The van der Waals surface area contributed by atoms with Gasteiger partial charge in [0.25, 0.3) is 0 Å². The molecule has 126 valence electrons. The van der Waals surface area contributed by atoms with Gasteiger partial charge in [-0.1, -0.05) is 31.6 Å². The van der Waals surface area contributed by atoms with Gasteiger partial charge in [-0.25, -0.2) is 0 Å². The molecule has 0 heterocycles. The highest BCUT2D eigenvalue weighted by atomic mass is 16.3. The number of Topliss-reactive ketones (excluding diaryl/α,β-unsaturated/α-hetero) is 1. The van der Waals surface area contributed by atoms with Gasteiger partial charge in [-0.3, -0.25) is 9.59 Å². The summed E-state index contributed by atoms with van der Waals surface area (Å²) in [6, 6.07) is 0. The van der Waals surface area contributed by atoms with Crippen LogP contribution in [-0.4, -0.2) is 22.8 Å². The molecule has 1 fully saturated rings. The number of aliphatic hydroxyl groups is 1. The number of ketones is 2. The van der Waals surface area contributed by atoms with E-state index < -0.39 is 6.10 Å². The molecule has 3 nitrogen and oxygen atoms in total. The molecule has 3 unspecified atom stereocenters. The van der Waals surface area contributed by atoms with E-state index in [1.165, 1.54) is 0 Å². The molecule has 0 aromatic heterocycles. The fourth-order valence-electron chi connectivity index (χ4n) is 3.56. The van der Waals surface area contributed by atoms with Gasteiger partial charge >= 0.3 is 0 Å². The number of allylic oxidation sites excluding steroid dienone is 4. The first kappa shape index (κ1) is 17.9. The molecule has 0 aromatic rings. The Labute approximate surface area is 139 Å². The maximum absolute atomic E-state index is 12.3. The average molecular weight is 316 g/mol. The molecule has 2 aliphatic rings. The van der Waals surface area contributed by atoms with E-state index in [0.29, 0.717) is 17.4 Å². The second-order valence-corrected chi connectivity index (χ2v) is 7.71. The highest BCUT2D eigenvalue weighted by Gasteiger charge is 2.55. The van der Waals surface area contributed by atoms with Crippen molar-refractivity contribution < 1.29 is 14.7 Å². The van der Waals surface area contributed by atoms with Crippen molar-refractivity contribution in [3.8, 4) is 0 Å². The lowest BCUT2D eigenvalue weighted by Crippen LogP contribution is -2.20. The summed E-state index contributed by atoms with van der Waals surface area (Å²) in [5, 5.41) is 10.1. The van der Waals surface area contributed by atoms with E-state index in [-0.39, 0.29) is 23.4 Å². The van der Waals surface area contributed by atoms with Gasteiger partial charge in [0.05, 0.1) is 0 Å². The van der Waals surface area contributed by atoms with Crippen molar-refractivity contribution in [2.75, 3.05) is 0 Å².